The van der Waals surface area contributed by atoms with Gasteiger partial charge in [-0.3, -0.25) is 10.1 Å². The Hall–Kier alpha value is -3.08. The smallest absolute Gasteiger partial charge is 0.409 e. The molecule has 1 aliphatic rings. The molecule has 0 atom stereocenters. The molecule has 0 saturated heterocycles. The molecule has 2 aromatic carbocycles. The van der Waals surface area contributed by atoms with Crippen LogP contribution in [0.4, 0.5) is 10.5 Å². The number of fused-ring (bicyclic) bond motifs is 1. The molecular weight excluding hydrogens is 292 g/mol. The fraction of sp³-hybridized carbons (Fsp3) is 0.111. The summed E-state index contributed by atoms with van der Waals surface area (Å²) in [4.78, 5) is 24.8. The summed E-state index contributed by atoms with van der Waals surface area (Å²) >= 11 is 0. The number of nitrogens with zero attached hydrogens (tertiary/aromatic N) is 1. The maximum absolute atomic E-state index is 12.3. The van der Waals surface area contributed by atoms with Gasteiger partial charge < -0.3 is 10.0 Å². The Kier molecular flexibility index (Phi) is 3.85. The number of carbonyl (C=O) groups is 2. The van der Waals surface area contributed by atoms with Crippen molar-refractivity contribution >= 4 is 29.8 Å². The van der Waals surface area contributed by atoms with Gasteiger partial charge in [-0.1, -0.05) is 48.6 Å². The van der Waals surface area contributed by atoms with E-state index in [0.717, 1.165) is 16.7 Å². The fourth-order valence-corrected chi connectivity index (χ4v) is 2.70. The largest absolute Gasteiger partial charge is 0.465 e. The molecule has 116 valence electrons. The van der Waals surface area contributed by atoms with E-state index < -0.39 is 6.09 Å². The summed E-state index contributed by atoms with van der Waals surface area (Å²) in [7, 11) is 1.71. The van der Waals surface area contributed by atoms with Gasteiger partial charge in [-0.05, 0) is 22.8 Å². The third-order valence-electron chi connectivity index (χ3n) is 3.80. The molecule has 0 saturated carbocycles. The minimum atomic E-state index is -1.18. The van der Waals surface area contributed by atoms with E-state index in [-0.39, 0.29) is 5.91 Å². The van der Waals surface area contributed by atoms with Gasteiger partial charge in [0.05, 0.1) is 11.3 Å². The maximum atomic E-state index is 12.3. The van der Waals surface area contributed by atoms with Crippen molar-refractivity contribution in [3.05, 3.63) is 64.7 Å². The molecule has 1 aliphatic heterocycles. The van der Waals surface area contributed by atoms with Crippen molar-refractivity contribution in [2.75, 3.05) is 12.4 Å². The molecule has 2 aromatic rings. The molecule has 2 N–H and O–H groups in total. The molecule has 0 spiro atoms. The Morgan fingerprint density at radius 1 is 1.17 bits per heavy atom. The highest BCUT2D eigenvalue weighted by atomic mass is 16.4. The van der Waals surface area contributed by atoms with Crippen LogP contribution in [0, 0.1) is 0 Å². The van der Waals surface area contributed by atoms with E-state index in [1.165, 1.54) is 0 Å². The zero-order valence-electron chi connectivity index (χ0n) is 12.6. The second-order valence-corrected chi connectivity index (χ2v) is 5.39. The number of carboxylic acid groups (broad SMARTS) is 1. The monoisotopic (exact) mass is 308 g/mol. The Bertz CT molecular complexity index is 797. The van der Waals surface area contributed by atoms with E-state index >= 15 is 0 Å². The zero-order valence-corrected chi connectivity index (χ0v) is 12.6. The van der Waals surface area contributed by atoms with Crippen LogP contribution in [0.1, 0.15) is 27.0 Å². The zero-order chi connectivity index (χ0) is 16.4. The van der Waals surface area contributed by atoms with Crippen LogP contribution in [0.5, 0.6) is 0 Å². The predicted octanol–water partition coefficient (Wildman–Crippen LogP) is 3.53. The molecule has 0 radical (unpaired) electrons. The van der Waals surface area contributed by atoms with Gasteiger partial charge in [0.1, 0.15) is 0 Å². The highest BCUT2D eigenvalue weighted by Gasteiger charge is 2.29. The van der Waals surface area contributed by atoms with E-state index in [1.807, 2.05) is 48.6 Å². The minimum Gasteiger partial charge on any atom is -0.465 e. The van der Waals surface area contributed by atoms with Crippen molar-refractivity contribution in [2.45, 2.75) is 6.54 Å². The van der Waals surface area contributed by atoms with Crippen LogP contribution >= 0.6 is 0 Å². The summed E-state index contributed by atoms with van der Waals surface area (Å²) in [6.07, 6.45) is 2.75. The second kappa shape index (κ2) is 5.96. The van der Waals surface area contributed by atoms with Crippen LogP contribution in [0.15, 0.2) is 42.5 Å². The highest BCUT2D eigenvalue weighted by molar-refractivity contribution is 6.06. The Balaban J connectivity index is 2.02. The molecule has 0 fully saturated rings. The predicted molar refractivity (Wildman–Crippen MR) is 89.3 cm³/mol. The quantitative estimate of drug-likeness (QED) is 0.852. The number of rotatable bonds is 3. The van der Waals surface area contributed by atoms with Crippen LogP contribution in [0.2, 0.25) is 0 Å². The van der Waals surface area contributed by atoms with Crippen LogP contribution in [-0.2, 0) is 6.54 Å². The van der Waals surface area contributed by atoms with Gasteiger partial charge in [0, 0.05) is 13.6 Å². The SMILES string of the molecule is CN1Cc2c(/C=C/c3ccccc3)ccc(NC(=O)O)c2C1=O. The van der Waals surface area contributed by atoms with Crippen LogP contribution in [0.3, 0.4) is 0 Å². The lowest BCUT2D eigenvalue weighted by Gasteiger charge is -2.08. The van der Waals surface area contributed by atoms with Crippen molar-refractivity contribution in [3.8, 4) is 0 Å². The first-order chi connectivity index (χ1) is 11.1. The van der Waals surface area contributed by atoms with Crippen molar-refractivity contribution in [1.29, 1.82) is 0 Å². The molecule has 1 heterocycles. The van der Waals surface area contributed by atoms with E-state index in [9.17, 15) is 9.59 Å². The number of hydrogen-bond acceptors (Lipinski definition) is 2. The van der Waals surface area contributed by atoms with Gasteiger partial charge in [0.25, 0.3) is 5.91 Å². The molecular formula is C18H16N2O3. The van der Waals surface area contributed by atoms with E-state index in [0.29, 0.717) is 17.8 Å². The molecule has 2 amide bonds. The number of carbonyl (C=O) groups excluding carboxylic acids is 1. The number of nitrogens with one attached hydrogen (secondary N) is 1. The fourth-order valence-electron chi connectivity index (χ4n) is 2.70. The van der Waals surface area contributed by atoms with E-state index in [1.54, 1.807) is 18.0 Å². The molecule has 23 heavy (non-hydrogen) atoms. The summed E-state index contributed by atoms with van der Waals surface area (Å²) < 4.78 is 0. The van der Waals surface area contributed by atoms with Gasteiger partial charge in [0.2, 0.25) is 0 Å². The Morgan fingerprint density at radius 3 is 2.61 bits per heavy atom. The standard InChI is InChI=1S/C18H16N2O3/c1-20-11-14-13(8-7-12-5-3-2-4-6-12)9-10-15(19-18(22)23)16(14)17(20)21/h2-10,19H,11H2,1H3,(H,22,23)/b8-7+. The van der Waals surface area contributed by atoms with Crippen LogP contribution in [-0.4, -0.2) is 29.1 Å². The normalized spacial score (nSPS) is 13.4. The lowest BCUT2D eigenvalue weighted by Crippen LogP contribution is -2.19. The maximum Gasteiger partial charge on any atom is 0.409 e. The lowest BCUT2D eigenvalue weighted by atomic mass is 10.00. The topological polar surface area (TPSA) is 69.6 Å². The second-order valence-electron chi connectivity index (χ2n) is 5.39. The van der Waals surface area contributed by atoms with Gasteiger partial charge in [0.15, 0.2) is 0 Å². The van der Waals surface area contributed by atoms with Gasteiger partial charge in [-0.25, -0.2) is 4.79 Å². The average molecular weight is 308 g/mol. The highest BCUT2D eigenvalue weighted by Crippen LogP contribution is 2.32. The van der Waals surface area contributed by atoms with Crippen molar-refractivity contribution in [2.24, 2.45) is 0 Å². The average Bonchev–Trinajstić information content (AvgIpc) is 2.83. The number of hydrogen-bond donors (Lipinski definition) is 2. The third kappa shape index (κ3) is 2.94. The van der Waals surface area contributed by atoms with Crippen molar-refractivity contribution < 1.29 is 14.7 Å². The Labute approximate surface area is 133 Å². The molecule has 0 bridgehead atoms. The minimum absolute atomic E-state index is 0.168. The molecule has 5 nitrogen and oxygen atoms in total. The summed E-state index contributed by atoms with van der Waals surface area (Å²) in [6, 6.07) is 13.3. The van der Waals surface area contributed by atoms with Crippen LogP contribution < -0.4 is 5.32 Å². The van der Waals surface area contributed by atoms with Crippen molar-refractivity contribution in [1.82, 2.24) is 4.90 Å². The summed E-state index contributed by atoms with van der Waals surface area (Å²) in [5, 5.41) is 11.2. The van der Waals surface area contributed by atoms with Gasteiger partial charge in [-0.2, -0.15) is 0 Å². The Morgan fingerprint density at radius 2 is 1.91 bits per heavy atom. The summed E-state index contributed by atoms with van der Waals surface area (Å²) in [5.74, 6) is -0.168. The lowest BCUT2D eigenvalue weighted by molar-refractivity contribution is 0.0817. The molecule has 0 unspecified atom stereocenters. The molecule has 0 aromatic heterocycles. The first-order valence-corrected chi connectivity index (χ1v) is 7.20. The summed E-state index contributed by atoms with van der Waals surface area (Å²) in [5.41, 5.74) is 3.59. The van der Waals surface area contributed by atoms with Crippen LogP contribution in [0.25, 0.3) is 12.2 Å². The first kappa shape index (κ1) is 14.8. The molecule has 3 rings (SSSR count). The molecule has 0 aliphatic carbocycles. The molecule has 5 heteroatoms. The van der Waals surface area contributed by atoms with E-state index in [4.69, 9.17) is 5.11 Å². The van der Waals surface area contributed by atoms with E-state index in [2.05, 4.69) is 5.32 Å². The number of benzene rings is 2. The number of amides is 2. The summed E-state index contributed by atoms with van der Waals surface area (Å²) in [6.45, 7) is 0.470. The first-order valence-electron chi connectivity index (χ1n) is 7.20. The van der Waals surface area contributed by atoms with Gasteiger partial charge in [-0.15, -0.1) is 0 Å². The third-order valence-corrected chi connectivity index (χ3v) is 3.80. The van der Waals surface area contributed by atoms with Gasteiger partial charge >= 0.3 is 6.09 Å². The number of anilines is 1. The van der Waals surface area contributed by atoms with Crippen molar-refractivity contribution in [3.63, 3.8) is 0 Å².